The molecule has 0 saturated heterocycles. The lowest BCUT2D eigenvalue weighted by atomic mass is 9.86. The van der Waals surface area contributed by atoms with Gasteiger partial charge >= 0.3 is 0 Å². The zero-order chi connectivity index (χ0) is 18.8. The van der Waals surface area contributed by atoms with E-state index in [0.717, 1.165) is 17.8 Å². The summed E-state index contributed by atoms with van der Waals surface area (Å²) in [7, 11) is 0. The zero-order valence-corrected chi connectivity index (χ0v) is 18.8. The van der Waals surface area contributed by atoms with E-state index >= 15 is 0 Å². The van der Waals surface area contributed by atoms with Gasteiger partial charge in [0.1, 0.15) is 0 Å². The van der Waals surface area contributed by atoms with E-state index in [2.05, 4.69) is 34.6 Å². The average molecular weight is 353 g/mol. The van der Waals surface area contributed by atoms with Crippen LogP contribution in [0, 0.1) is 17.8 Å². The monoisotopic (exact) mass is 352 g/mol. The molecule has 0 rings (SSSR count). The van der Waals surface area contributed by atoms with Crippen LogP contribution in [0.4, 0.5) is 0 Å². The molecule has 0 aliphatic heterocycles. The first kappa shape index (κ1) is 25.0. The highest BCUT2D eigenvalue weighted by Crippen LogP contribution is 2.24. The molecular weight excluding hydrogens is 300 g/mol. The summed E-state index contributed by atoms with van der Waals surface area (Å²) in [6.07, 6.45) is 24.6. The largest absolute Gasteiger partial charge is 0.0654 e. The average Bonchev–Trinajstić information content (AvgIpc) is 2.60. The molecule has 0 bridgehead atoms. The summed E-state index contributed by atoms with van der Waals surface area (Å²) in [5, 5.41) is 0. The molecule has 3 atom stereocenters. The third kappa shape index (κ3) is 17.2. The fourth-order valence-corrected chi connectivity index (χ4v) is 4.12. The Hall–Kier alpha value is 0. The Labute approximate surface area is 161 Å². The molecule has 0 radical (unpaired) electrons. The number of hydrogen-bond donors (Lipinski definition) is 0. The molecule has 0 nitrogen and oxygen atoms in total. The number of hydrogen-bond acceptors (Lipinski definition) is 0. The van der Waals surface area contributed by atoms with E-state index in [-0.39, 0.29) is 0 Å². The van der Waals surface area contributed by atoms with Crippen LogP contribution in [0.25, 0.3) is 0 Å². The highest BCUT2D eigenvalue weighted by molar-refractivity contribution is 4.63. The summed E-state index contributed by atoms with van der Waals surface area (Å²) < 4.78 is 0. The van der Waals surface area contributed by atoms with Crippen LogP contribution in [0.3, 0.4) is 0 Å². The van der Waals surface area contributed by atoms with Gasteiger partial charge in [0, 0.05) is 0 Å². The van der Waals surface area contributed by atoms with Gasteiger partial charge in [-0.2, -0.15) is 0 Å². The van der Waals surface area contributed by atoms with E-state index < -0.39 is 0 Å². The second-order valence-electron chi connectivity index (χ2n) is 9.10. The first-order chi connectivity index (χ1) is 12.1. The van der Waals surface area contributed by atoms with Crippen molar-refractivity contribution in [2.75, 3.05) is 0 Å². The molecule has 0 aromatic carbocycles. The van der Waals surface area contributed by atoms with Crippen molar-refractivity contribution < 1.29 is 0 Å². The van der Waals surface area contributed by atoms with Crippen LogP contribution in [0.2, 0.25) is 0 Å². The van der Waals surface area contributed by atoms with Crippen LogP contribution in [0.15, 0.2) is 0 Å². The topological polar surface area (TPSA) is 0 Å². The van der Waals surface area contributed by atoms with E-state index in [0.29, 0.717) is 0 Å². The van der Waals surface area contributed by atoms with Gasteiger partial charge in [0.05, 0.1) is 0 Å². The Kier molecular flexibility index (Phi) is 18.8. The maximum atomic E-state index is 2.50. The number of rotatable bonds is 19. The summed E-state index contributed by atoms with van der Waals surface area (Å²) in [6, 6.07) is 0. The summed E-state index contributed by atoms with van der Waals surface area (Å²) in [5.74, 6) is 2.83. The lowest BCUT2D eigenvalue weighted by Crippen LogP contribution is -2.08. The lowest BCUT2D eigenvalue weighted by molar-refractivity contribution is 0.322. The minimum atomic E-state index is 0.936. The van der Waals surface area contributed by atoms with Crippen molar-refractivity contribution in [3.05, 3.63) is 0 Å². The van der Waals surface area contributed by atoms with Crippen LogP contribution >= 0.6 is 0 Å². The van der Waals surface area contributed by atoms with Gasteiger partial charge in [0.2, 0.25) is 0 Å². The molecule has 25 heavy (non-hydrogen) atoms. The molecule has 0 aromatic rings. The van der Waals surface area contributed by atoms with Gasteiger partial charge in [0.15, 0.2) is 0 Å². The molecule has 0 fully saturated rings. The van der Waals surface area contributed by atoms with E-state index in [4.69, 9.17) is 0 Å². The molecule has 0 N–H and O–H groups in total. The Morgan fingerprint density at radius 1 is 0.400 bits per heavy atom. The maximum Gasteiger partial charge on any atom is -0.0417 e. The molecule has 0 heterocycles. The quantitative estimate of drug-likeness (QED) is 0.203. The Bertz CT molecular complexity index is 244. The van der Waals surface area contributed by atoms with Crippen LogP contribution in [-0.4, -0.2) is 0 Å². The SMILES string of the molecule is CCCCCCCCC(C)C(C)CCCCCCCCC(C)CCC. The molecule has 152 valence electrons. The fraction of sp³-hybridized carbons (Fsp3) is 1.00. The van der Waals surface area contributed by atoms with E-state index in [9.17, 15) is 0 Å². The highest BCUT2D eigenvalue weighted by atomic mass is 14.2. The van der Waals surface area contributed by atoms with Crippen molar-refractivity contribution in [2.45, 2.75) is 144 Å². The van der Waals surface area contributed by atoms with Gasteiger partial charge in [-0.3, -0.25) is 0 Å². The predicted octanol–water partition coefficient (Wildman–Crippen LogP) is 9.57. The second kappa shape index (κ2) is 18.8. The van der Waals surface area contributed by atoms with Crippen molar-refractivity contribution >= 4 is 0 Å². The van der Waals surface area contributed by atoms with Crippen molar-refractivity contribution in [3.8, 4) is 0 Å². The second-order valence-corrected chi connectivity index (χ2v) is 9.10. The Morgan fingerprint density at radius 3 is 1.24 bits per heavy atom. The smallest absolute Gasteiger partial charge is 0.0417 e. The highest BCUT2D eigenvalue weighted by Gasteiger charge is 2.11. The first-order valence-corrected chi connectivity index (χ1v) is 12.1. The molecule has 0 aliphatic rings. The molecule has 0 aromatic heterocycles. The van der Waals surface area contributed by atoms with Crippen molar-refractivity contribution in [2.24, 2.45) is 17.8 Å². The minimum absolute atomic E-state index is 0.936. The third-order valence-electron chi connectivity index (χ3n) is 6.37. The Morgan fingerprint density at radius 2 is 0.800 bits per heavy atom. The van der Waals surface area contributed by atoms with Gasteiger partial charge in [0.25, 0.3) is 0 Å². The van der Waals surface area contributed by atoms with Gasteiger partial charge in [-0.25, -0.2) is 0 Å². The molecule has 0 spiro atoms. The first-order valence-electron chi connectivity index (χ1n) is 12.1. The fourth-order valence-electron chi connectivity index (χ4n) is 4.12. The third-order valence-corrected chi connectivity index (χ3v) is 6.37. The Balaban J connectivity index is 3.37. The summed E-state index contributed by atoms with van der Waals surface area (Å²) in [4.78, 5) is 0. The van der Waals surface area contributed by atoms with E-state index in [1.165, 1.54) is 109 Å². The van der Waals surface area contributed by atoms with Crippen molar-refractivity contribution in [1.82, 2.24) is 0 Å². The number of unbranched alkanes of at least 4 members (excludes halogenated alkanes) is 10. The summed E-state index contributed by atoms with van der Waals surface area (Å²) >= 11 is 0. The zero-order valence-electron chi connectivity index (χ0n) is 18.8. The lowest BCUT2D eigenvalue weighted by Gasteiger charge is -2.19. The summed E-state index contributed by atoms with van der Waals surface area (Å²) in [6.45, 7) is 12.0. The van der Waals surface area contributed by atoms with Crippen LogP contribution in [0.5, 0.6) is 0 Å². The standard InChI is InChI=1S/C25H52/c1-6-8-9-10-14-17-21-24(4)25(5)22-18-15-12-11-13-16-20-23(3)19-7-2/h23-25H,6-22H2,1-5H3. The van der Waals surface area contributed by atoms with Crippen molar-refractivity contribution in [3.63, 3.8) is 0 Å². The maximum absolute atomic E-state index is 2.50. The molecule has 0 amide bonds. The minimum Gasteiger partial charge on any atom is -0.0654 e. The predicted molar refractivity (Wildman–Crippen MR) is 117 cm³/mol. The molecule has 0 aliphatic carbocycles. The molecule has 0 saturated carbocycles. The van der Waals surface area contributed by atoms with E-state index in [1.807, 2.05) is 0 Å². The van der Waals surface area contributed by atoms with Crippen LogP contribution in [-0.2, 0) is 0 Å². The molecular formula is C25H52. The van der Waals surface area contributed by atoms with Crippen LogP contribution < -0.4 is 0 Å². The molecule has 0 heteroatoms. The van der Waals surface area contributed by atoms with Crippen LogP contribution in [0.1, 0.15) is 144 Å². The normalized spacial score (nSPS) is 15.2. The van der Waals surface area contributed by atoms with E-state index in [1.54, 1.807) is 0 Å². The van der Waals surface area contributed by atoms with Gasteiger partial charge < -0.3 is 0 Å². The van der Waals surface area contributed by atoms with Gasteiger partial charge in [-0.05, 0) is 17.8 Å². The van der Waals surface area contributed by atoms with Gasteiger partial charge in [-0.15, -0.1) is 0 Å². The van der Waals surface area contributed by atoms with Crippen molar-refractivity contribution in [1.29, 1.82) is 0 Å². The molecule has 3 unspecified atom stereocenters. The summed E-state index contributed by atoms with van der Waals surface area (Å²) in [5.41, 5.74) is 0. The van der Waals surface area contributed by atoms with Gasteiger partial charge in [-0.1, -0.05) is 144 Å².